The molecule has 0 saturated heterocycles. The van der Waals surface area contributed by atoms with Crippen molar-refractivity contribution in [1.82, 2.24) is 9.84 Å². The van der Waals surface area contributed by atoms with Gasteiger partial charge in [0.1, 0.15) is 5.75 Å². The Morgan fingerprint density at radius 1 is 1.35 bits per heavy atom. The molecule has 0 fully saturated rings. The number of rotatable bonds is 5. The number of nitrogens with two attached hydrogens (primary N) is 1. The van der Waals surface area contributed by atoms with Gasteiger partial charge in [0.25, 0.3) is 10.0 Å². The molecule has 0 heterocycles. The summed E-state index contributed by atoms with van der Waals surface area (Å²) >= 11 is 0. The van der Waals surface area contributed by atoms with Gasteiger partial charge in [0.2, 0.25) is 0 Å². The quantitative estimate of drug-likeness (QED) is 0.407. The molecule has 0 unspecified atom stereocenters. The summed E-state index contributed by atoms with van der Waals surface area (Å²) in [7, 11) is -3.66. The van der Waals surface area contributed by atoms with Crippen LogP contribution in [-0.4, -0.2) is 31.6 Å². The largest absolute Gasteiger partial charge is 0.506 e. The molecule has 0 aliphatic heterocycles. The van der Waals surface area contributed by atoms with Crippen molar-refractivity contribution in [2.24, 2.45) is 0 Å². The van der Waals surface area contributed by atoms with Crippen molar-refractivity contribution in [2.45, 2.75) is 18.7 Å². The second kappa shape index (κ2) is 5.35. The van der Waals surface area contributed by atoms with E-state index in [1.165, 1.54) is 12.1 Å². The number of hydrogen-bond donors (Lipinski definition) is 3. The summed E-state index contributed by atoms with van der Waals surface area (Å²) in [5.41, 5.74) is 5.56. The van der Waals surface area contributed by atoms with Crippen LogP contribution in [0.3, 0.4) is 0 Å². The number of phenolic OH excluding ortho intramolecular Hbond substituents is 1. The first kappa shape index (κ1) is 13.8. The van der Waals surface area contributed by atoms with Crippen molar-refractivity contribution < 1.29 is 13.5 Å². The molecule has 4 N–H and O–H groups in total. The summed E-state index contributed by atoms with van der Waals surface area (Å²) in [6.07, 6.45) is 0. The maximum absolute atomic E-state index is 11.9. The van der Waals surface area contributed by atoms with Crippen LogP contribution < -0.4 is 10.6 Å². The van der Waals surface area contributed by atoms with Crippen molar-refractivity contribution in [1.29, 1.82) is 0 Å². The highest BCUT2D eigenvalue weighted by Crippen LogP contribution is 2.23. The van der Waals surface area contributed by atoms with Crippen LogP contribution in [0.5, 0.6) is 5.75 Å². The molecule has 6 nitrogen and oxygen atoms in total. The van der Waals surface area contributed by atoms with Crippen LogP contribution >= 0.6 is 0 Å². The highest BCUT2D eigenvalue weighted by atomic mass is 32.2. The number of aromatic hydroxyl groups is 1. The zero-order valence-corrected chi connectivity index (χ0v) is 10.7. The SMILES string of the molecule is CCN(CC)NS(=O)(=O)c1ccc(N)c(O)c1. The van der Waals surface area contributed by atoms with E-state index in [2.05, 4.69) is 4.83 Å². The van der Waals surface area contributed by atoms with Crippen LogP contribution in [0.15, 0.2) is 23.1 Å². The van der Waals surface area contributed by atoms with E-state index in [1.807, 2.05) is 13.8 Å². The average Bonchev–Trinajstić information content (AvgIpc) is 2.29. The van der Waals surface area contributed by atoms with Crippen LogP contribution in [0.4, 0.5) is 5.69 Å². The van der Waals surface area contributed by atoms with E-state index in [0.717, 1.165) is 6.07 Å². The second-order valence-corrected chi connectivity index (χ2v) is 5.15. The number of hydrazine groups is 1. The lowest BCUT2D eigenvalue weighted by molar-refractivity contribution is 0.268. The van der Waals surface area contributed by atoms with Crippen molar-refractivity contribution in [3.05, 3.63) is 18.2 Å². The first-order valence-corrected chi connectivity index (χ1v) is 6.75. The summed E-state index contributed by atoms with van der Waals surface area (Å²) < 4.78 is 23.8. The normalized spacial score (nSPS) is 11.9. The van der Waals surface area contributed by atoms with Gasteiger partial charge < -0.3 is 10.8 Å². The molecule has 0 saturated carbocycles. The fraction of sp³-hybridized carbons (Fsp3) is 0.400. The molecule has 1 aromatic rings. The Morgan fingerprint density at radius 3 is 2.41 bits per heavy atom. The first-order valence-electron chi connectivity index (χ1n) is 5.26. The molecular weight excluding hydrogens is 242 g/mol. The molecule has 0 amide bonds. The third kappa shape index (κ3) is 3.32. The Bertz CT molecular complexity index is 484. The van der Waals surface area contributed by atoms with Gasteiger partial charge in [0, 0.05) is 19.2 Å². The van der Waals surface area contributed by atoms with Gasteiger partial charge in [-0.15, -0.1) is 4.83 Å². The van der Waals surface area contributed by atoms with Crippen molar-refractivity contribution in [3.63, 3.8) is 0 Å². The highest BCUT2D eigenvalue weighted by Gasteiger charge is 2.17. The first-order chi connectivity index (χ1) is 7.90. The van der Waals surface area contributed by atoms with Crippen molar-refractivity contribution >= 4 is 15.7 Å². The molecule has 0 radical (unpaired) electrons. The van der Waals surface area contributed by atoms with E-state index in [4.69, 9.17) is 5.73 Å². The summed E-state index contributed by atoms with van der Waals surface area (Å²) in [6.45, 7) is 4.78. The lowest BCUT2D eigenvalue weighted by atomic mass is 10.3. The van der Waals surface area contributed by atoms with E-state index in [9.17, 15) is 13.5 Å². The molecule has 1 aromatic carbocycles. The zero-order valence-electron chi connectivity index (χ0n) is 9.84. The monoisotopic (exact) mass is 259 g/mol. The molecular formula is C10H17N3O3S. The minimum atomic E-state index is -3.66. The Hall–Kier alpha value is -1.31. The molecule has 0 spiro atoms. The van der Waals surface area contributed by atoms with Gasteiger partial charge in [-0.05, 0) is 12.1 Å². The number of nitrogens with one attached hydrogen (secondary N) is 1. The fourth-order valence-electron chi connectivity index (χ4n) is 1.27. The van der Waals surface area contributed by atoms with E-state index in [-0.39, 0.29) is 16.3 Å². The van der Waals surface area contributed by atoms with E-state index >= 15 is 0 Å². The standard InChI is InChI=1S/C10H17N3O3S/c1-3-13(4-2)12-17(15,16)8-5-6-9(11)10(14)7-8/h5-7,12,14H,3-4,11H2,1-2H3. The summed E-state index contributed by atoms with van der Waals surface area (Å²) in [5, 5.41) is 10.9. The number of sulfonamides is 1. The van der Waals surface area contributed by atoms with Gasteiger partial charge in [0.05, 0.1) is 10.6 Å². The van der Waals surface area contributed by atoms with Gasteiger partial charge in [0.15, 0.2) is 0 Å². The molecule has 1 rings (SSSR count). The van der Waals surface area contributed by atoms with Crippen molar-refractivity contribution in [3.8, 4) is 5.75 Å². The topological polar surface area (TPSA) is 95.7 Å². The second-order valence-electron chi connectivity index (χ2n) is 3.49. The smallest absolute Gasteiger partial charge is 0.253 e. The molecule has 0 atom stereocenters. The van der Waals surface area contributed by atoms with Gasteiger partial charge in [-0.1, -0.05) is 13.8 Å². The fourth-order valence-corrected chi connectivity index (χ4v) is 2.48. The van der Waals surface area contributed by atoms with Gasteiger partial charge in [-0.25, -0.2) is 13.4 Å². The Labute approximate surface area is 101 Å². The predicted molar refractivity (Wildman–Crippen MR) is 65.8 cm³/mol. The van der Waals surface area contributed by atoms with Crippen molar-refractivity contribution in [2.75, 3.05) is 18.8 Å². The number of phenols is 1. The Balaban J connectivity index is 3.01. The molecule has 7 heteroatoms. The Morgan fingerprint density at radius 2 is 1.94 bits per heavy atom. The molecule has 96 valence electrons. The number of nitrogen functional groups attached to an aromatic ring is 1. The number of nitrogens with zero attached hydrogens (tertiary/aromatic N) is 1. The lowest BCUT2D eigenvalue weighted by Crippen LogP contribution is -2.41. The van der Waals surface area contributed by atoms with Crippen LogP contribution in [0.2, 0.25) is 0 Å². The Kier molecular flexibility index (Phi) is 4.33. The summed E-state index contributed by atoms with van der Waals surface area (Å²) in [4.78, 5) is 2.39. The third-order valence-corrected chi connectivity index (χ3v) is 3.70. The molecule has 0 aromatic heterocycles. The summed E-state index contributed by atoms with van der Waals surface area (Å²) in [5.74, 6) is -0.243. The lowest BCUT2D eigenvalue weighted by Gasteiger charge is -2.19. The van der Waals surface area contributed by atoms with Crippen LogP contribution in [0.25, 0.3) is 0 Å². The number of benzene rings is 1. The molecule has 0 bridgehead atoms. The van der Waals surface area contributed by atoms with Crippen LogP contribution in [0, 0.1) is 0 Å². The van der Waals surface area contributed by atoms with Gasteiger partial charge in [-0.2, -0.15) is 0 Å². The minimum Gasteiger partial charge on any atom is -0.506 e. The highest BCUT2D eigenvalue weighted by molar-refractivity contribution is 7.89. The van der Waals surface area contributed by atoms with Gasteiger partial charge in [-0.3, -0.25) is 0 Å². The van der Waals surface area contributed by atoms with Crippen LogP contribution in [0.1, 0.15) is 13.8 Å². The molecule has 0 aliphatic carbocycles. The predicted octanol–water partition coefficient (Wildman–Crippen LogP) is 0.509. The van der Waals surface area contributed by atoms with Gasteiger partial charge >= 0.3 is 0 Å². The number of hydrogen-bond acceptors (Lipinski definition) is 5. The molecule has 0 aliphatic rings. The molecule has 17 heavy (non-hydrogen) atoms. The summed E-state index contributed by atoms with van der Waals surface area (Å²) in [6, 6.07) is 3.83. The van der Waals surface area contributed by atoms with E-state index in [1.54, 1.807) is 5.01 Å². The average molecular weight is 259 g/mol. The zero-order chi connectivity index (χ0) is 13.1. The van der Waals surface area contributed by atoms with Crippen LogP contribution in [-0.2, 0) is 10.0 Å². The number of anilines is 1. The maximum Gasteiger partial charge on any atom is 0.253 e. The van der Waals surface area contributed by atoms with E-state index in [0.29, 0.717) is 13.1 Å². The minimum absolute atomic E-state index is 0.0175. The van der Waals surface area contributed by atoms with E-state index < -0.39 is 10.0 Å². The maximum atomic E-state index is 11.9. The third-order valence-electron chi connectivity index (χ3n) is 2.32.